The summed E-state index contributed by atoms with van der Waals surface area (Å²) in [5.41, 5.74) is 2.98. The SMILES string of the molecule is O=C1NCc2ccccc2N1c1ccccc1. The number of para-hydroxylation sites is 2. The molecule has 1 aliphatic rings. The first-order valence-corrected chi connectivity index (χ1v) is 5.57. The number of carbonyl (C=O) groups excluding carboxylic acids is 1. The van der Waals surface area contributed by atoms with Gasteiger partial charge in [-0.05, 0) is 23.8 Å². The van der Waals surface area contributed by atoms with E-state index < -0.39 is 0 Å². The van der Waals surface area contributed by atoms with E-state index in [0.717, 1.165) is 16.9 Å². The molecule has 84 valence electrons. The van der Waals surface area contributed by atoms with Crippen molar-refractivity contribution in [3.63, 3.8) is 0 Å². The van der Waals surface area contributed by atoms with Crippen LogP contribution in [0, 0.1) is 0 Å². The van der Waals surface area contributed by atoms with Gasteiger partial charge in [0.05, 0.1) is 11.4 Å². The zero-order chi connectivity index (χ0) is 11.7. The standard InChI is InChI=1S/C14H12N2O/c17-14-15-10-11-6-4-5-9-13(11)16(14)12-7-2-1-3-8-12/h1-9H,10H2,(H,15,17). The largest absolute Gasteiger partial charge is 0.333 e. The summed E-state index contributed by atoms with van der Waals surface area (Å²) in [7, 11) is 0. The fourth-order valence-corrected chi connectivity index (χ4v) is 2.07. The van der Waals surface area contributed by atoms with Crippen LogP contribution in [0.3, 0.4) is 0 Å². The van der Waals surface area contributed by atoms with Crippen LogP contribution in [0.25, 0.3) is 0 Å². The molecule has 1 N–H and O–H groups in total. The Hall–Kier alpha value is -2.29. The average molecular weight is 224 g/mol. The number of anilines is 2. The maximum Gasteiger partial charge on any atom is 0.326 e. The van der Waals surface area contributed by atoms with Gasteiger partial charge in [0.1, 0.15) is 0 Å². The first-order chi connectivity index (χ1) is 8.36. The van der Waals surface area contributed by atoms with E-state index in [4.69, 9.17) is 0 Å². The molecular weight excluding hydrogens is 212 g/mol. The van der Waals surface area contributed by atoms with Gasteiger partial charge in [0, 0.05) is 6.54 Å². The summed E-state index contributed by atoms with van der Waals surface area (Å²) in [5.74, 6) is 0. The van der Waals surface area contributed by atoms with Crippen LogP contribution in [-0.2, 0) is 6.54 Å². The number of rotatable bonds is 1. The number of urea groups is 1. The second-order valence-corrected chi connectivity index (χ2v) is 3.96. The van der Waals surface area contributed by atoms with Crippen molar-refractivity contribution in [2.75, 3.05) is 4.90 Å². The highest BCUT2D eigenvalue weighted by Gasteiger charge is 2.24. The third-order valence-electron chi connectivity index (χ3n) is 2.88. The van der Waals surface area contributed by atoms with Gasteiger partial charge in [-0.1, -0.05) is 36.4 Å². The number of amides is 2. The van der Waals surface area contributed by atoms with E-state index >= 15 is 0 Å². The molecule has 1 heterocycles. The maximum atomic E-state index is 12.0. The van der Waals surface area contributed by atoms with E-state index in [-0.39, 0.29) is 6.03 Å². The van der Waals surface area contributed by atoms with Gasteiger partial charge in [-0.2, -0.15) is 0 Å². The van der Waals surface area contributed by atoms with E-state index in [2.05, 4.69) is 5.32 Å². The number of hydrogen-bond donors (Lipinski definition) is 1. The van der Waals surface area contributed by atoms with Gasteiger partial charge in [-0.15, -0.1) is 0 Å². The first-order valence-electron chi connectivity index (χ1n) is 5.57. The van der Waals surface area contributed by atoms with Crippen molar-refractivity contribution in [2.45, 2.75) is 6.54 Å². The van der Waals surface area contributed by atoms with Crippen LogP contribution in [0.5, 0.6) is 0 Å². The van der Waals surface area contributed by atoms with Crippen molar-refractivity contribution in [3.05, 3.63) is 60.2 Å². The van der Waals surface area contributed by atoms with E-state index in [1.807, 2.05) is 54.6 Å². The van der Waals surface area contributed by atoms with Crippen LogP contribution in [-0.4, -0.2) is 6.03 Å². The Morgan fingerprint density at radius 1 is 0.941 bits per heavy atom. The number of hydrogen-bond acceptors (Lipinski definition) is 1. The fraction of sp³-hybridized carbons (Fsp3) is 0.0714. The van der Waals surface area contributed by atoms with E-state index in [1.165, 1.54) is 0 Å². The van der Waals surface area contributed by atoms with E-state index in [0.29, 0.717) is 6.54 Å². The molecule has 0 radical (unpaired) electrons. The van der Waals surface area contributed by atoms with Gasteiger partial charge in [0.25, 0.3) is 0 Å². The number of nitrogens with one attached hydrogen (secondary N) is 1. The summed E-state index contributed by atoms with van der Waals surface area (Å²) in [6, 6.07) is 17.5. The van der Waals surface area contributed by atoms with Crippen LogP contribution < -0.4 is 10.2 Å². The molecule has 3 nitrogen and oxygen atoms in total. The molecule has 2 amide bonds. The molecule has 0 saturated heterocycles. The highest BCUT2D eigenvalue weighted by molar-refractivity contribution is 6.01. The van der Waals surface area contributed by atoms with Crippen LogP contribution in [0.1, 0.15) is 5.56 Å². The Labute approximate surface area is 99.7 Å². The average Bonchev–Trinajstić information content (AvgIpc) is 2.39. The molecule has 0 atom stereocenters. The molecule has 0 aromatic heterocycles. The Morgan fingerprint density at radius 2 is 1.65 bits per heavy atom. The highest BCUT2D eigenvalue weighted by atomic mass is 16.2. The summed E-state index contributed by atoms with van der Waals surface area (Å²) in [6.07, 6.45) is 0. The van der Waals surface area contributed by atoms with Gasteiger partial charge in [-0.3, -0.25) is 4.90 Å². The Kier molecular flexibility index (Phi) is 2.29. The molecule has 0 saturated carbocycles. The normalized spacial score (nSPS) is 14.1. The van der Waals surface area contributed by atoms with Crippen LogP contribution >= 0.6 is 0 Å². The first kappa shape index (κ1) is 9.90. The number of fused-ring (bicyclic) bond motifs is 1. The molecule has 1 aliphatic heterocycles. The van der Waals surface area contributed by atoms with Crippen molar-refractivity contribution in [1.29, 1.82) is 0 Å². The summed E-state index contributed by atoms with van der Waals surface area (Å²) < 4.78 is 0. The fourth-order valence-electron chi connectivity index (χ4n) is 2.07. The zero-order valence-corrected chi connectivity index (χ0v) is 9.26. The molecule has 17 heavy (non-hydrogen) atoms. The van der Waals surface area contributed by atoms with E-state index in [9.17, 15) is 4.79 Å². The van der Waals surface area contributed by atoms with Gasteiger partial charge in [0.2, 0.25) is 0 Å². The minimum atomic E-state index is -0.0742. The van der Waals surface area contributed by atoms with Crippen molar-refractivity contribution < 1.29 is 4.79 Å². The molecule has 0 unspecified atom stereocenters. The predicted octanol–water partition coefficient (Wildman–Crippen LogP) is 3.05. The highest BCUT2D eigenvalue weighted by Crippen LogP contribution is 2.30. The molecular formula is C14H12N2O. The molecule has 3 rings (SSSR count). The zero-order valence-electron chi connectivity index (χ0n) is 9.26. The Morgan fingerprint density at radius 3 is 2.47 bits per heavy atom. The lowest BCUT2D eigenvalue weighted by molar-refractivity contribution is 0.247. The summed E-state index contributed by atoms with van der Waals surface area (Å²) in [4.78, 5) is 13.7. The van der Waals surface area contributed by atoms with Crippen LogP contribution in [0.4, 0.5) is 16.2 Å². The second kappa shape index (κ2) is 3.94. The number of benzene rings is 2. The minimum absolute atomic E-state index is 0.0742. The van der Waals surface area contributed by atoms with Crippen molar-refractivity contribution in [1.82, 2.24) is 5.32 Å². The van der Waals surface area contributed by atoms with Crippen molar-refractivity contribution >= 4 is 17.4 Å². The molecule has 0 bridgehead atoms. The predicted molar refractivity (Wildman–Crippen MR) is 67.3 cm³/mol. The lowest BCUT2D eigenvalue weighted by atomic mass is 10.1. The molecule has 2 aromatic carbocycles. The van der Waals surface area contributed by atoms with Gasteiger partial charge < -0.3 is 5.32 Å². The Bertz CT molecular complexity index is 551. The summed E-state index contributed by atoms with van der Waals surface area (Å²) in [5, 5.41) is 2.87. The van der Waals surface area contributed by atoms with Crippen LogP contribution in [0.15, 0.2) is 54.6 Å². The monoisotopic (exact) mass is 224 g/mol. The van der Waals surface area contributed by atoms with Gasteiger partial charge >= 0.3 is 6.03 Å². The lowest BCUT2D eigenvalue weighted by Crippen LogP contribution is -2.41. The second-order valence-electron chi connectivity index (χ2n) is 3.96. The van der Waals surface area contributed by atoms with Crippen LogP contribution in [0.2, 0.25) is 0 Å². The molecule has 0 aliphatic carbocycles. The third-order valence-corrected chi connectivity index (χ3v) is 2.88. The topological polar surface area (TPSA) is 32.3 Å². The summed E-state index contributed by atoms with van der Waals surface area (Å²) in [6.45, 7) is 0.596. The van der Waals surface area contributed by atoms with Gasteiger partial charge in [-0.25, -0.2) is 4.79 Å². The molecule has 3 heteroatoms. The molecule has 2 aromatic rings. The van der Waals surface area contributed by atoms with Gasteiger partial charge in [0.15, 0.2) is 0 Å². The summed E-state index contributed by atoms with van der Waals surface area (Å²) >= 11 is 0. The third kappa shape index (κ3) is 1.65. The Balaban J connectivity index is 2.13. The number of carbonyl (C=O) groups is 1. The lowest BCUT2D eigenvalue weighted by Gasteiger charge is -2.29. The minimum Gasteiger partial charge on any atom is -0.333 e. The number of nitrogens with zero attached hydrogens (tertiary/aromatic N) is 1. The quantitative estimate of drug-likeness (QED) is 0.793. The molecule has 0 fully saturated rings. The maximum absolute atomic E-state index is 12.0. The molecule has 0 spiro atoms. The van der Waals surface area contributed by atoms with Crippen molar-refractivity contribution in [3.8, 4) is 0 Å². The van der Waals surface area contributed by atoms with E-state index in [1.54, 1.807) is 4.90 Å². The van der Waals surface area contributed by atoms with Crippen molar-refractivity contribution in [2.24, 2.45) is 0 Å². The smallest absolute Gasteiger partial charge is 0.326 e.